The summed E-state index contributed by atoms with van der Waals surface area (Å²) in [5.74, 6) is -0.378. The summed E-state index contributed by atoms with van der Waals surface area (Å²) in [6.45, 7) is 6.00. The number of nitrogens with zero attached hydrogens (tertiary/aromatic N) is 2. The van der Waals surface area contributed by atoms with Crippen LogP contribution in [0.5, 0.6) is 0 Å². The largest absolute Gasteiger partial charge is 0.461 e. The molecule has 1 aromatic heterocycles. The molecule has 2 atom stereocenters. The SMILES string of the molecule is CCOC(=O)c1coc(Nc2ccc(N[C@@H]3C[C@H](C)N(C(=O)CC)c4ccccc43)cc2)n1. The van der Waals surface area contributed by atoms with Gasteiger partial charge in [0.15, 0.2) is 5.69 Å². The van der Waals surface area contributed by atoms with Crippen LogP contribution in [0.3, 0.4) is 0 Å². The molecule has 8 nitrogen and oxygen atoms in total. The van der Waals surface area contributed by atoms with E-state index in [0.29, 0.717) is 6.42 Å². The minimum atomic E-state index is -0.518. The summed E-state index contributed by atoms with van der Waals surface area (Å²) in [5.41, 5.74) is 3.95. The lowest BCUT2D eigenvalue weighted by atomic mass is 9.91. The Kier molecular flexibility index (Phi) is 6.63. The summed E-state index contributed by atoms with van der Waals surface area (Å²) in [6, 6.07) is 16.2. The van der Waals surface area contributed by atoms with Crippen LogP contribution in [0.1, 0.15) is 55.7 Å². The average molecular weight is 449 g/mol. The van der Waals surface area contributed by atoms with Crippen LogP contribution in [0.2, 0.25) is 0 Å². The molecule has 4 rings (SSSR count). The van der Waals surface area contributed by atoms with Crippen molar-refractivity contribution in [1.29, 1.82) is 0 Å². The summed E-state index contributed by atoms with van der Waals surface area (Å²) in [4.78, 5) is 30.3. The number of benzene rings is 2. The van der Waals surface area contributed by atoms with Crippen LogP contribution in [0, 0.1) is 0 Å². The highest BCUT2D eigenvalue weighted by Crippen LogP contribution is 2.39. The molecule has 0 spiro atoms. The number of carbonyl (C=O) groups is 2. The summed E-state index contributed by atoms with van der Waals surface area (Å²) < 4.78 is 10.2. The van der Waals surface area contributed by atoms with Crippen molar-refractivity contribution in [2.45, 2.75) is 45.7 Å². The van der Waals surface area contributed by atoms with Crippen LogP contribution in [-0.4, -0.2) is 29.5 Å². The van der Waals surface area contributed by atoms with Crippen LogP contribution >= 0.6 is 0 Å². The van der Waals surface area contributed by atoms with E-state index in [4.69, 9.17) is 9.15 Å². The second kappa shape index (κ2) is 9.77. The van der Waals surface area contributed by atoms with Gasteiger partial charge in [0.1, 0.15) is 6.26 Å². The maximum absolute atomic E-state index is 12.5. The molecule has 1 amide bonds. The molecule has 1 aliphatic rings. The topological polar surface area (TPSA) is 96.7 Å². The van der Waals surface area contributed by atoms with Gasteiger partial charge in [-0.05, 0) is 56.2 Å². The van der Waals surface area contributed by atoms with E-state index >= 15 is 0 Å². The smallest absolute Gasteiger partial charge is 0.360 e. The second-order valence-corrected chi connectivity index (χ2v) is 7.92. The minimum Gasteiger partial charge on any atom is -0.461 e. The number of hydrogen-bond acceptors (Lipinski definition) is 7. The van der Waals surface area contributed by atoms with E-state index in [0.717, 1.165) is 29.0 Å². The minimum absolute atomic E-state index is 0.0924. The molecule has 8 heteroatoms. The molecule has 0 fully saturated rings. The van der Waals surface area contributed by atoms with Crippen molar-refractivity contribution in [1.82, 2.24) is 4.98 Å². The van der Waals surface area contributed by atoms with E-state index in [1.807, 2.05) is 54.3 Å². The first-order valence-corrected chi connectivity index (χ1v) is 11.2. The summed E-state index contributed by atoms with van der Waals surface area (Å²) in [7, 11) is 0. The number of carbonyl (C=O) groups excluding carboxylic acids is 2. The Bertz CT molecular complexity index is 1130. The van der Waals surface area contributed by atoms with Gasteiger partial charge in [0.2, 0.25) is 5.91 Å². The fraction of sp³-hybridized carbons (Fsp3) is 0.320. The van der Waals surface area contributed by atoms with Crippen molar-refractivity contribution in [3.63, 3.8) is 0 Å². The molecule has 0 bridgehead atoms. The molecule has 2 aromatic carbocycles. The fourth-order valence-electron chi connectivity index (χ4n) is 4.10. The van der Waals surface area contributed by atoms with Crippen LogP contribution in [0.25, 0.3) is 0 Å². The van der Waals surface area contributed by atoms with Gasteiger partial charge in [-0.25, -0.2) is 4.79 Å². The number of oxazole rings is 1. The molecular weight excluding hydrogens is 420 g/mol. The van der Waals surface area contributed by atoms with Gasteiger partial charge >= 0.3 is 5.97 Å². The number of esters is 1. The van der Waals surface area contributed by atoms with Gasteiger partial charge in [0, 0.05) is 29.5 Å². The molecule has 0 unspecified atom stereocenters. The van der Waals surface area contributed by atoms with Gasteiger partial charge in [-0.3, -0.25) is 4.79 Å². The highest BCUT2D eigenvalue weighted by molar-refractivity contribution is 5.95. The third-order valence-electron chi connectivity index (χ3n) is 5.63. The number of ether oxygens (including phenoxy) is 1. The van der Waals surface area contributed by atoms with Crippen molar-refractivity contribution in [3.05, 3.63) is 66.1 Å². The molecule has 2 N–H and O–H groups in total. The van der Waals surface area contributed by atoms with E-state index < -0.39 is 5.97 Å². The van der Waals surface area contributed by atoms with E-state index in [9.17, 15) is 9.59 Å². The average Bonchev–Trinajstić information content (AvgIpc) is 3.29. The number of hydrogen-bond donors (Lipinski definition) is 2. The van der Waals surface area contributed by atoms with Gasteiger partial charge in [0.25, 0.3) is 6.01 Å². The Hall–Kier alpha value is -3.81. The Morgan fingerprint density at radius 1 is 1.12 bits per heavy atom. The standard InChI is InChI=1S/C25H28N4O4/c1-4-23(30)29-16(3)14-20(19-8-6-7-9-22(19)29)26-17-10-12-18(13-11-17)27-25-28-21(15-33-25)24(31)32-5-2/h6-13,15-16,20,26H,4-5,14H2,1-3H3,(H,27,28)/t16-,20+/m0/s1. The number of anilines is 4. The van der Waals surface area contributed by atoms with E-state index in [1.165, 1.54) is 6.26 Å². The quantitative estimate of drug-likeness (QED) is 0.475. The zero-order chi connectivity index (χ0) is 23.4. The van der Waals surface area contributed by atoms with Crippen molar-refractivity contribution < 1.29 is 18.7 Å². The molecule has 0 saturated carbocycles. The Balaban J connectivity index is 1.46. The zero-order valence-electron chi connectivity index (χ0n) is 19.0. The van der Waals surface area contributed by atoms with Gasteiger partial charge < -0.3 is 24.7 Å². The highest BCUT2D eigenvalue weighted by atomic mass is 16.5. The molecule has 1 aliphatic heterocycles. The summed E-state index contributed by atoms with van der Waals surface area (Å²) in [5, 5.41) is 6.65. The van der Waals surface area contributed by atoms with Gasteiger partial charge in [0.05, 0.1) is 12.6 Å². The van der Waals surface area contributed by atoms with Crippen LogP contribution in [-0.2, 0) is 9.53 Å². The van der Waals surface area contributed by atoms with Crippen molar-refractivity contribution in [2.75, 3.05) is 22.1 Å². The van der Waals surface area contributed by atoms with Crippen molar-refractivity contribution >= 4 is 35.0 Å². The van der Waals surface area contributed by atoms with Crippen molar-refractivity contribution in [3.8, 4) is 0 Å². The van der Waals surface area contributed by atoms with Crippen LogP contribution in [0.15, 0.2) is 59.2 Å². The molecule has 0 radical (unpaired) electrons. The van der Waals surface area contributed by atoms with E-state index in [2.05, 4.69) is 28.6 Å². The van der Waals surface area contributed by atoms with Gasteiger partial charge in [-0.2, -0.15) is 4.98 Å². The third-order valence-corrected chi connectivity index (χ3v) is 5.63. The first-order valence-electron chi connectivity index (χ1n) is 11.2. The van der Waals surface area contributed by atoms with Gasteiger partial charge in [-0.15, -0.1) is 0 Å². The Labute approximate surface area is 192 Å². The lowest BCUT2D eigenvalue weighted by Crippen LogP contribution is -2.44. The molecule has 33 heavy (non-hydrogen) atoms. The lowest BCUT2D eigenvalue weighted by molar-refractivity contribution is -0.118. The van der Waals surface area contributed by atoms with Crippen molar-refractivity contribution in [2.24, 2.45) is 0 Å². The normalized spacial score (nSPS) is 17.2. The summed E-state index contributed by atoms with van der Waals surface area (Å²) in [6.07, 6.45) is 2.57. The lowest BCUT2D eigenvalue weighted by Gasteiger charge is -2.40. The van der Waals surface area contributed by atoms with E-state index in [-0.39, 0.29) is 36.3 Å². The van der Waals surface area contributed by atoms with Crippen LogP contribution < -0.4 is 15.5 Å². The van der Waals surface area contributed by atoms with Gasteiger partial charge in [-0.1, -0.05) is 25.1 Å². The third kappa shape index (κ3) is 4.84. The molecule has 0 saturated heterocycles. The molecular formula is C25H28N4O4. The zero-order valence-corrected chi connectivity index (χ0v) is 19.0. The maximum Gasteiger partial charge on any atom is 0.360 e. The summed E-state index contributed by atoms with van der Waals surface area (Å²) >= 11 is 0. The molecule has 0 aliphatic carbocycles. The maximum atomic E-state index is 12.5. The molecule has 3 aromatic rings. The van der Waals surface area contributed by atoms with Crippen LogP contribution in [0.4, 0.5) is 23.1 Å². The number of nitrogens with one attached hydrogen (secondary N) is 2. The molecule has 172 valence electrons. The first kappa shape index (κ1) is 22.4. The number of amides is 1. The fourth-order valence-corrected chi connectivity index (χ4v) is 4.10. The predicted molar refractivity (Wildman–Crippen MR) is 127 cm³/mol. The first-order chi connectivity index (χ1) is 16.0. The number of rotatable bonds is 7. The van der Waals surface area contributed by atoms with E-state index in [1.54, 1.807) is 6.92 Å². The number of fused-ring (bicyclic) bond motifs is 1. The highest BCUT2D eigenvalue weighted by Gasteiger charge is 2.32. The predicted octanol–water partition coefficient (Wildman–Crippen LogP) is 5.28. The second-order valence-electron chi connectivity index (χ2n) is 7.92. The number of para-hydroxylation sites is 1. The Morgan fingerprint density at radius 2 is 1.85 bits per heavy atom. The molecule has 2 heterocycles. The monoisotopic (exact) mass is 448 g/mol. The number of aromatic nitrogens is 1. The Morgan fingerprint density at radius 3 is 2.58 bits per heavy atom.